The highest BCUT2D eigenvalue weighted by atomic mass is 16.5. The van der Waals surface area contributed by atoms with Crippen molar-refractivity contribution in [1.29, 1.82) is 0 Å². The Kier molecular flexibility index (Phi) is 7.19. The number of methoxy groups -OCH3 is 1. The van der Waals surface area contributed by atoms with Crippen LogP contribution in [0, 0.1) is 5.92 Å². The number of nitrogens with zero attached hydrogens (tertiary/aromatic N) is 3. The lowest BCUT2D eigenvalue weighted by atomic mass is 10.0. The van der Waals surface area contributed by atoms with Crippen molar-refractivity contribution in [1.82, 2.24) is 24.8 Å². The highest BCUT2D eigenvalue weighted by Crippen LogP contribution is 2.45. The third kappa shape index (κ3) is 5.05. The molecule has 2 amide bonds. The van der Waals surface area contributed by atoms with E-state index in [1.165, 1.54) is 7.11 Å². The van der Waals surface area contributed by atoms with Gasteiger partial charge < -0.3 is 35.0 Å². The van der Waals surface area contributed by atoms with Gasteiger partial charge in [0.2, 0.25) is 12.1 Å². The molecule has 1 fully saturated rings. The van der Waals surface area contributed by atoms with Crippen LogP contribution in [0.4, 0.5) is 10.5 Å². The first-order chi connectivity index (χ1) is 21.8. The van der Waals surface area contributed by atoms with E-state index in [9.17, 15) is 9.59 Å². The molecule has 7 rings (SSSR count). The Hall–Kier alpha value is -5.25. The number of alkyl carbamates (subject to hydrolysis) is 1. The minimum Gasteiger partial charge on any atom is -0.465 e. The summed E-state index contributed by atoms with van der Waals surface area (Å²) < 4.78 is 13.7. The number of hydrogen-bond donors (Lipinski definition) is 3. The zero-order valence-corrected chi connectivity index (χ0v) is 25.5. The molecule has 1 saturated heterocycles. The zero-order valence-electron chi connectivity index (χ0n) is 25.5. The smallest absolute Gasteiger partial charge is 0.407 e. The summed E-state index contributed by atoms with van der Waals surface area (Å²) in [6, 6.07) is 23.6. The van der Waals surface area contributed by atoms with Gasteiger partial charge in [0, 0.05) is 34.3 Å². The number of fused-ring (bicyclic) bond motifs is 5. The molecule has 3 atom stereocenters. The van der Waals surface area contributed by atoms with E-state index in [4.69, 9.17) is 20.2 Å². The van der Waals surface area contributed by atoms with Crippen LogP contribution in [0.2, 0.25) is 0 Å². The molecule has 230 valence electrons. The van der Waals surface area contributed by atoms with Crippen molar-refractivity contribution in [2.45, 2.75) is 45.0 Å². The molecule has 0 bridgehead atoms. The van der Waals surface area contributed by atoms with Crippen molar-refractivity contribution in [2.24, 2.45) is 5.92 Å². The molecular weight excluding hydrogens is 568 g/mol. The quantitative estimate of drug-likeness (QED) is 0.196. The fourth-order valence-electron chi connectivity index (χ4n) is 6.55. The SMILES string of the molecule is COC(=O)N[C@H](C(=O)N1CCC[C@H]1c1ncc(-c2ccc3c(c2)OC(c2ccccc2)n2c-3cc3ccc(N)cc32)[nH]1)C(C)C. The van der Waals surface area contributed by atoms with Crippen LogP contribution in [0.1, 0.15) is 50.3 Å². The van der Waals surface area contributed by atoms with Gasteiger partial charge in [-0.15, -0.1) is 0 Å². The number of ether oxygens (including phenoxy) is 2. The third-order valence-corrected chi connectivity index (χ3v) is 8.83. The number of carbonyl (C=O) groups excluding carboxylic acids is 2. The molecule has 2 aromatic heterocycles. The molecule has 0 saturated carbocycles. The fourth-order valence-corrected chi connectivity index (χ4v) is 6.55. The Morgan fingerprint density at radius 1 is 1.09 bits per heavy atom. The normalized spacial score (nSPS) is 17.9. The van der Waals surface area contributed by atoms with Crippen molar-refractivity contribution < 1.29 is 19.1 Å². The number of rotatable bonds is 6. The van der Waals surface area contributed by atoms with Gasteiger partial charge >= 0.3 is 6.09 Å². The van der Waals surface area contributed by atoms with E-state index < -0.39 is 12.1 Å². The summed E-state index contributed by atoms with van der Waals surface area (Å²) in [6.07, 6.45) is 2.45. The molecule has 3 aromatic carbocycles. The number of nitrogen functional groups attached to an aromatic ring is 1. The van der Waals surface area contributed by atoms with Crippen LogP contribution in [-0.4, -0.2) is 51.1 Å². The van der Waals surface area contributed by atoms with Crippen molar-refractivity contribution in [2.75, 3.05) is 19.4 Å². The van der Waals surface area contributed by atoms with Gasteiger partial charge in [0.1, 0.15) is 17.6 Å². The van der Waals surface area contributed by atoms with Crippen LogP contribution < -0.4 is 15.8 Å². The molecule has 0 radical (unpaired) electrons. The topological polar surface area (TPSA) is 128 Å². The number of likely N-dealkylation sites (tertiary alicyclic amines) is 1. The molecule has 2 aliphatic rings. The number of imidazole rings is 1. The highest BCUT2D eigenvalue weighted by molar-refractivity contribution is 5.91. The van der Waals surface area contributed by atoms with Crippen molar-refractivity contribution >= 4 is 28.6 Å². The maximum atomic E-state index is 13.6. The Bertz CT molecular complexity index is 1890. The maximum absolute atomic E-state index is 13.6. The van der Waals surface area contributed by atoms with Crippen LogP contribution in [-0.2, 0) is 9.53 Å². The number of aromatic nitrogens is 3. The van der Waals surface area contributed by atoms with Crippen LogP contribution >= 0.6 is 0 Å². The second kappa shape index (κ2) is 11.4. The van der Waals surface area contributed by atoms with E-state index in [1.807, 2.05) is 67.4 Å². The summed E-state index contributed by atoms with van der Waals surface area (Å²) >= 11 is 0. The fraction of sp³-hybridized carbons (Fsp3) is 0.286. The number of nitrogens with two attached hydrogens (primary N) is 1. The van der Waals surface area contributed by atoms with Crippen molar-refractivity contribution in [3.05, 3.63) is 90.4 Å². The summed E-state index contributed by atoms with van der Waals surface area (Å²) in [5.74, 6) is 1.25. The highest BCUT2D eigenvalue weighted by Gasteiger charge is 2.37. The first kappa shape index (κ1) is 28.5. The number of benzene rings is 3. The first-order valence-electron chi connectivity index (χ1n) is 15.3. The molecule has 10 heteroatoms. The molecule has 0 spiro atoms. The zero-order chi connectivity index (χ0) is 31.2. The molecule has 2 aliphatic heterocycles. The van der Waals surface area contributed by atoms with Gasteiger partial charge in [-0.3, -0.25) is 4.79 Å². The lowest BCUT2D eigenvalue weighted by molar-refractivity contribution is -0.135. The third-order valence-electron chi connectivity index (χ3n) is 8.83. The Balaban J connectivity index is 1.21. The van der Waals surface area contributed by atoms with Crippen LogP contribution in [0.25, 0.3) is 33.4 Å². The summed E-state index contributed by atoms with van der Waals surface area (Å²) in [6.45, 7) is 4.41. The van der Waals surface area contributed by atoms with E-state index in [2.05, 4.69) is 45.2 Å². The average molecular weight is 605 g/mol. The lowest BCUT2D eigenvalue weighted by Crippen LogP contribution is -2.51. The number of aromatic amines is 1. The Morgan fingerprint density at radius 3 is 2.69 bits per heavy atom. The molecule has 45 heavy (non-hydrogen) atoms. The van der Waals surface area contributed by atoms with Gasteiger partial charge in [-0.1, -0.05) is 56.3 Å². The predicted molar refractivity (Wildman–Crippen MR) is 172 cm³/mol. The number of H-pyrrole nitrogens is 1. The van der Waals surface area contributed by atoms with Crippen LogP contribution in [0.3, 0.4) is 0 Å². The molecule has 0 aliphatic carbocycles. The Labute approximate surface area is 261 Å². The van der Waals surface area contributed by atoms with E-state index in [0.29, 0.717) is 12.2 Å². The van der Waals surface area contributed by atoms with E-state index in [-0.39, 0.29) is 24.1 Å². The number of hydrogen-bond acceptors (Lipinski definition) is 6. The first-order valence-corrected chi connectivity index (χ1v) is 15.3. The van der Waals surface area contributed by atoms with Gasteiger partial charge in [-0.25, -0.2) is 9.78 Å². The van der Waals surface area contributed by atoms with Crippen LogP contribution in [0.15, 0.2) is 79.0 Å². The molecular formula is C35H36N6O4. The molecule has 1 unspecified atom stereocenters. The minimum absolute atomic E-state index is 0.101. The van der Waals surface area contributed by atoms with Gasteiger partial charge in [0.05, 0.1) is 36.3 Å². The van der Waals surface area contributed by atoms with Gasteiger partial charge in [0.25, 0.3) is 0 Å². The number of anilines is 1. The molecule has 5 aromatic rings. The summed E-state index contributed by atoms with van der Waals surface area (Å²) in [4.78, 5) is 35.5. The van der Waals surface area contributed by atoms with Gasteiger partial charge in [-0.05, 0) is 49.1 Å². The summed E-state index contributed by atoms with van der Waals surface area (Å²) in [7, 11) is 1.30. The van der Waals surface area contributed by atoms with E-state index in [0.717, 1.165) is 63.4 Å². The number of nitrogens with one attached hydrogen (secondary N) is 2. The second-order valence-corrected chi connectivity index (χ2v) is 12.0. The largest absolute Gasteiger partial charge is 0.465 e. The molecule has 4 N–H and O–H groups in total. The molecule has 4 heterocycles. The molecule has 10 nitrogen and oxygen atoms in total. The van der Waals surface area contributed by atoms with E-state index >= 15 is 0 Å². The second-order valence-electron chi connectivity index (χ2n) is 12.0. The maximum Gasteiger partial charge on any atom is 0.407 e. The lowest BCUT2D eigenvalue weighted by Gasteiger charge is -2.30. The number of carbonyl (C=O) groups is 2. The van der Waals surface area contributed by atoms with Gasteiger partial charge in [-0.2, -0.15) is 0 Å². The minimum atomic E-state index is -0.685. The standard InChI is InChI=1S/C35H36N6O4/c1-20(2)31(39-35(43)44-3)33(42)40-15-7-10-27(40)32-37-19-26(38-32)22-12-14-25-29-16-23-11-13-24(36)18-28(23)41(29)34(45-30(25)17-22)21-8-5-4-6-9-21/h4-6,8-9,11-14,16-20,27,31,34H,7,10,15,36H2,1-3H3,(H,37,38)(H,39,43)/t27-,31-,34?/m0/s1. The number of amides is 2. The van der Waals surface area contributed by atoms with E-state index in [1.54, 1.807) is 0 Å². The average Bonchev–Trinajstić information content (AvgIpc) is 3.81. The summed E-state index contributed by atoms with van der Waals surface area (Å²) in [5.41, 5.74) is 12.8. The van der Waals surface area contributed by atoms with Crippen LogP contribution in [0.5, 0.6) is 5.75 Å². The monoisotopic (exact) mass is 604 g/mol. The van der Waals surface area contributed by atoms with Gasteiger partial charge in [0.15, 0.2) is 0 Å². The van der Waals surface area contributed by atoms with Crippen molar-refractivity contribution in [3.8, 4) is 28.3 Å². The Morgan fingerprint density at radius 2 is 1.91 bits per heavy atom. The van der Waals surface area contributed by atoms with Crippen molar-refractivity contribution in [3.63, 3.8) is 0 Å². The predicted octanol–water partition coefficient (Wildman–Crippen LogP) is 6.26. The summed E-state index contributed by atoms with van der Waals surface area (Å²) in [5, 5.41) is 3.80.